The Hall–Kier alpha value is -0.800. The summed E-state index contributed by atoms with van der Waals surface area (Å²) in [7, 11) is 0. The van der Waals surface area contributed by atoms with Crippen LogP contribution < -0.4 is 5.32 Å². The van der Waals surface area contributed by atoms with Crippen molar-refractivity contribution in [2.24, 2.45) is 5.92 Å². The molecule has 1 aliphatic rings. The van der Waals surface area contributed by atoms with Gasteiger partial charge in [0, 0.05) is 6.54 Å². The predicted molar refractivity (Wildman–Crippen MR) is 65.3 cm³/mol. The molecule has 1 aromatic rings. The molecule has 90 valence electrons. The molecular weight excluding hydrogens is 200 g/mol. The van der Waals surface area contributed by atoms with E-state index in [4.69, 9.17) is 4.42 Å². The molecule has 1 N–H and O–H groups in total. The summed E-state index contributed by atoms with van der Waals surface area (Å²) >= 11 is 0. The minimum atomic E-state index is 0.418. The SMILES string of the molecule is CCNCC1CCN(C(C)c2ccco2)C1. The first kappa shape index (κ1) is 11.7. The maximum atomic E-state index is 5.47. The maximum absolute atomic E-state index is 5.47. The molecule has 0 aromatic carbocycles. The predicted octanol–water partition coefficient (Wildman–Crippen LogP) is 2.27. The average molecular weight is 222 g/mol. The topological polar surface area (TPSA) is 28.4 Å². The highest BCUT2D eigenvalue weighted by Gasteiger charge is 2.27. The van der Waals surface area contributed by atoms with Crippen LogP contribution in [-0.2, 0) is 0 Å². The quantitative estimate of drug-likeness (QED) is 0.828. The highest BCUT2D eigenvalue weighted by atomic mass is 16.3. The van der Waals surface area contributed by atoms with Crippen molar-refractivity contribution < 1.29 is 4.42 Å². The Bertz CT molecular complexity index is 297. The van der Waals surface area contributed by atoms with Crippen LogP contribution in [0, 0.1) is 5.92 Å². The van der Waals surface area contributed by atoms with Crippen molar-refractivity contribution in [3.8, 4) is 0 Å². The van der Waals surface area contributed by atoms with Crippen LogP contribution in [0.3, 0.4) is 0 Å². The van der Waals surface area contributed by atoms with Crippen molar-refractivity contribution in [2.45, 2.75) is 26.3 Å². The van der Waals surface area contributed by atoms with Crippen LogP contribution in [0.1, 0.15) is 32.1 Å². The molecule has 0 radical (unpaired) electrons. The molecular formula is C13H22N2O. The van der Waals surface area contributed by atoms with E-state index in [1.807, 2.05) is 6.07 Å². The summed E-state index contributed by atoms with van der Waals surface area (Å²) in [5, 5.41) is 3.43. The third-order valence-corrected chi connectivity index (χ3v) is 3.50. The second-order valence-corrected chi connectivity index (χ2v) is 4.65. The summed E-state index contributed by atoms with van der Waals surface area (Å²) in [6, 6.07) is 4.46. The minimum Gasteiger partial charge on any atom is -0.468 e. The van der Waals surface area contributed by atoms with E-state index in [0.29, 0.717) is 6.04 Å². The maximum Gasteiger partial charge on any atom is 0.120 e. The molecule has 0 amide bonds. The number of hydrogen-bond donors (Lipinski definition) is 1. The molecule has 2 heterocycles. The van der Waals surface area contributed by atoms with Crippen LogP contribution in [0.2, 0.25) is 0 Å². The van der Waals surface area contributed by atoms with E-state index in [1.165, 1.54) is 19.5 Å². The van der Waals surface area contributed by atoms with E-state index in [-0.39, 0.29) is 0 Å². The smallest absolute Gasteiger partial charge is 0.120 e. The highest BCUT2D eigenvalue weighted by Crippen LogP contribution is 2.27. The summed E-state index contributed by atoms with van der Waals surface area (Å²) < 4.78 is 5.47. The van der Waals surface area contributed by atoms with Crippen molar-refractivity contribution in [1.82, 2.24) is 10.2 Å². The van der Waals surface area contributed by atoms with Crippen molar-refractivity contribution >= 4 is 0 Å². The monoisotopic (exact) mass is 222 g/mol. The van der Waals surface area contributed by atoms with Crippen LogP contribution in [0.5, 0.6) is 0 Å². The molecule has 0 aliphatic carbocycles. The van der Waals surface area contributed by atoms with E-state index >= 15 is 0 Å². The molecule has 16 heavy (non-hydrogen) atoms. The van der Waals surface area contributed by atoms with E-state index < -0.39 is 0 Å². The van der Waals surface area contributed by atoms with Gasteiger partial charge in [0.25, 0.3) is 0 Å². The Morgan fingerprint density at radius 2 is 2.50 bits per heavy atom. The van der Waals surface area contributed by atoms with Crippen LogP contribution in [0.4, 0.5) is 0 Å². The fourth-order valence-electron chi connectivity index (χ4n) is 2.44. The van der Waals surface area contributed by atoms with Crippen LogP contribution >= 0.6 is 0 Å². The summed E-state index contributed by atoms with van der Waals surface area (Å²) in [6.45, 7) is 9.00. The second-order valence-electron chi connectivity index (χ2n) is 4.65. The van der Waals surface area contributed by atoms with Gasteiger partial charge in [-0.15, -0.1) is 0 Å². The van der Waals surface area contributed by atoms with Gasteiger partial charge in [-0.3, -0.25) is 4.90 Å². The molecule has 0 saturated carbocycles. The zero-order valence-corrected chi connectivity index (χ0v) is 10.3. The van der Waals surface area contributed by atoms with Crippen molar-refractivity contribution in [2.75, 3.05) is 26.2 Å². The molecule has 1 saturated heterocycles. The Labute approximate surface area is 97.8 Å². The van der Waals surface area contributed by atoms with Gasteiger partial charge in [-0.2, -0.15) is 0 Å². The van der Waals surface area contributed by atoms with E-state index in [1.54, 1.807) is 6.26 Å². The first-order valence-electron chi connectivity index (χ1n) is 6.29. The Morgan fingerprint density at radius 3 is 3.19 bits per heavy atom. The number of furan rings is 1. The Balaban J connectivity index is 1.84. The zero-order valence-electron chi connectivity index (χ0n) is 10.3. The lowest BCUT2D eigenvalue weighted by Gasteiger charge is -2.22. The summed E-state index contributed by atoms with van der Waals surface area (Å²) in [4.78, 5) is 2.51. The third kappa shape index (κ3) is 2.66. The lowest BCUT2D eigenvalue weighted by Crippen LogP contribution is -2.28. The lowest BCUT2D eigenvalue weighted by molar-refractivity contribution is 0.223. The molecule has 1 aromatic heterocycles. The van der Waals surface area contributed by atoms with Crippen molar-refractivity contribution in [3.63, 3.8) is 0 Å². The van der Waals surface area contributed by atoms with Gasteiger partial charge in [0.1, 0.15) is 5.76 Å². The largest absolute Gasteiger partial charge is 0.468 e. The summed E-state index contributed by atoms with van der Waals surface area (Å²) in [5.41, 5.74) is 0. The van der Waals surface area contributed by atoms with Gasteiger partial charge in [0.2, 0.25) is 0 Å². The fraction of sp³-hybridized carbons (Fsp3) is 0.692. The van der Waals surface area contributed by atoms with Crippen LogP contribution in [-0.4, -0.2) is 31.1 Å². The number of hydrogen-bond acceptors (Lipinski definition) is 3. The van der Waals surface area contributed by atoms with Gasteiger partial charge in [-0.05, 0) is 51.0 Å². The highest BCUT2D eigenvalue weighted by molar-refractivity contribution is 5.04. The van der Waals surface area contributed by atoms with Gasteiger partial charge >= 0.3 is 0 Å². The first-order valence-corrected chi connectivity index (χ1v) is 6.29. The summed E-state index contributed by atoms with van der Waals surface area (Å²) in [6.07, 6.45) is 3.07. The van der Waals surface area contributed by atoms with Crippen molar-refractivity contribution in [1.29, 1.82) is 0 Å². The first-order chi connectivity index (χ1) is 7.81. The van der Waals surface area contributed by atoms with Gasteiger partial charge < -0.3 is 9.73 Å². The van der Waals surface area contributed by atoms with Crippen molar-refractivity contribution in [3.05, 3.63) is 24.2 Å². The Morgan fingerprint density at radius 1 is 1.62 bits per heavy atom. The second kappa shape index (κ2) is 5.51. The average Bonchev–Trinajstić information content (AvgIpc) is 2.96. The molecule has 2 rings (SSSR count). The molecule has 0 spiro atoms. The summed E-state index contributed by atoms with van der Waals surface area (Å²) in [5.74, 6) is 1.89. The fourth-order valence-corrected chi connectivity index (χ4v) is 2.44. The number of nitrogens with zero attached hydrogens (tertiary/aromatic N) is 1. The number of likely N-dealkylation sites (tertiary alicyclic amines) is 1. The Kier molecular flexibility index (Phi) is 4.02. The normalized spacial score (nSPS) is 23.8. The minimum absolute atomic E-state index is 0.418. The molecule has 1 fully saturated rings. The molecule has 3 heteroatoms. The van der Waals surface area contributed by atoms with E-state index in [0.717, 1.165) is 24.8 Å². The van der Waals surface area contributed by atoms with Gasteiger partial charge in [-0.25, -0.2) is 0 Å². The van der Waals surface area contributed by atoms with E-state index in [9.17, 15) is 0 Å². The zero-order chi connectivity index (χ0) is 11.4. The van der Waals surface area contributed by atoms with Crippen LogP contribution in [0.25, 0.3) is 0 Å². The van der Waals surface area contributed by atoms with Gasteiger partial charge in [0.05, 0.1) is 12.3 Å². The number of nitrogens with one attached hydrogen (secondary N) is 1. The lowest BCUT2D eigenvalue weighted by atomic mass is 10.1. The molecule has 2 unspecified atom stereocenters. The molecule has 1 aliphatic heterocycles. The van der Waals surface area contributed by atoms with Gasteiger partial charge in [-0.1, -0.05) is 6.92 Å². The molecule has 3 nitrogen and oxygen atoms in total. The van der Waals surface area contributed by atoms with E-state index in [2.05, 4.69) is 30.1 Å². The standard InChI is InChI=1S/C13H22N2O/c1-3-14-9-12-6-7-15(10-12)11(2)13-5-4-8-16-13/h4-5,8,11-12,14H,3,6-7,9-10H2,1-2H3. The third-order valence-electron chi connectivity index (χ3n) is 3.50. The van der Waals surface area contributed by atoms with Gasteiger partial charge in [0.15, 0.2) is 0 Å². The molecule has 0 bridgehead atoms. The van der Waals surface area contributed by atoms with Crippen LogP contribution in [0.15, 0.2) is 22.8 Å². The number of rotatable bonds is 5. The molecule has 2 atom stereocenters.